The average Bonchev–Trinajstić information content (AvgIpc) is 2.91. The Hall–Kier alpha value is -4.60. The van der Waals surface area contributed by atoms with Gasteiger partial charge in [0.15, 0.2) is 0 Å². The number of esters is 2. The van der Waals surface area contributed by atoms with E-state index in [4.69, 9.17) is 9.47 Å². The van der Waals surface area contributed by atoms with Crippen LogP contribution in [0.2, 0.25) is 0 Å². The molecular formula is C31H22F6O4. The molecule has 4 aromatic carbocycles. The highest BCUT2D eigenvalue weighted by Crippen LogP contribution is 2.56. The quantitative estimate of drug-likeness (QED) is 0.133. The number of carbonyl (C=O) groups is 2. The first kappa shape index (κ1) is 29.4. The number of carbonyl (C=O) groups excluding carboxylic acids is 2. The fraction of sp³-hybridized carbons (Fsp3) is 0.161. The summed E-state index contributed by atoms with van der Waals surface area (Å²) in [6.45, 7) is 3.33. The van der Waals surface area contributed by atoms with E-state index in [2.05, 4.69) is 0 Å². The summed E-state index contributed by atoms with van der Waals surface area (Å²) >= 11 is 0. The number of benzene rings is 4. The molecule has 0 atom stereocenters. The summed E-state index contributed by atoms with van der Waals surface area (Å²) in [6.07, 6.45) is -11.7. The summed E-state index contributed by atoms with van der Waals surface area (Å²) in [4.78, 5) is 25.1. The number of hydrogen-bond donors (Lipinski definition) is 0. The first-order valence-electron chi connectivity index (χ1n) is 12.2. The van der Waals surface area contributed by atoms with Gasteiger partial charge >= 0.3 is 24.3 Å². The summed E-state index contributed by atoms with van der Waals surface area (Å²) in [7, 11) is 0. The zero-order chi connectivity index (χ0) is 30.0. The normalized spacial score (nSPS) is 12.1. The van der Waals surface area contributed by atoms with Gasteiger partial charge in [0.25, 0.3) is 0 Å². The van der Waals surface area contributed by atoms with Crippen molar-refractivity contribution in [1.82, 2.24) is 0 Å². The first-order valence-corrected chi connectivity index (χ1v) is 12.2. The molecule has 0 saturated heterocycles. The molecule has 212 valence electrons. The third-order valence-electron chi connectivity index (χ3n) is 6.55. The molecule has 10 heteroatoms. The van der Waals surface area contributed by atoms with Gasteiger partial charge in [0.1, 0.15) is 11.5 Å². The summed E-state index contributed by atoms with van der Waals surface area (Å²) in [5, 5.41) is 0. The van der Waals surface area contributed by atoms with Crippen LogP contribution < -0.4 is 9.47 Å². The van der Waals surface area contributed by atoms with Gasteiger partial charge in [0.05, 0.1) is 11.1 Å². The van der Waals surface area contributed by atoms with Crippen LogP contribution in [0, 0.1) is 13.8 Å². The smallest absolute Gasteiger partial charge is 0.411 e. The fourth-order valence-corrected chi connectivity index (χ4v) is 4.35. The van der Waals surface area contributed by atoms with E-state index >= 15 is 0 Å². The number of aryl methyl sites for hydroxylation is 2. The van der Waals surface area contributed by atoms with Crippen molar-refractivity contribution in [3.05, 3.63) is 130 Å². The molecule has 4 aromatic rings. The molecule has 0 saturated carbocycles. The van der Waals surface area contributed by atoms with Crippen molar-refractivity contribution in [2.45, 2.75) is 31.6 Å². The summed E-state index contributed by atoms with van der Waals surface area (Å²) in [5.41, 5.74) is -6.07. The fourth-order valence-electron chi connectivity index (χ4n) is 4.35. The maximum absolute atomic E-state index is 14.5. The molecule has 0 bridgehead atoms. The first-order chi connectivity index (χ1) is 19.3. The summed E-state index contributed by atoms with van der Waals surface area (Å²) < 4.78 is 97.6. The molecule has 0 spiro atoms. The van der Waals surface area contributed by atoms with Crippen LogP contribution in [0.5, 0.6) is 11.5 Å². The van der Waals surface area contributed by atoms with Gasteiger partial charge in [-0.05, 0) is 72.5 Å². The molecule has 0 aliphatic rings. The standard InChI is InChI=1S/C31H22F6O4/c1-19-7-3-5-9-25(19)40-27(38)21-11-15-23(16-12-21)29(30(32,33)34,31(35,36)37)24-17-13-22(14-18-24)28(39)41-26-10-6-4-8-20(26)2/h3-18H,1-2H3. The van der Waals surface area contributed by atoms with E-state index < -0.39 is 40.8 Å². The average molecular weight is 573 g/mol. The number of hydrogen-bond acceptors (Lipinski definition) is 4. The highest BCUT2D eigenvalue weighted by Gasteiger charge is 2.72. The van der Waals surface area contributed by atoms with Crippen LogP contribution in [-0.4, -0.2) is 24.3 Å². The third kappa shape index (κ3) is 5.68. The van der Waals surface area contributed by atoms with Crippen molar-refractivity contribution < 1.29 is 45.4 Å². The SMILES string of the molecule is Cc1ccccc1OC(=O)c1ccc(C(c2ccc(C(=O)Oc3ccccc3C)cc2)(C(F)(F)F)C(F)(F)F)cc1. The molecule has 0 aliphatic carbocycles. The van der Waals surface area contributed by atoms with Gasteiger partial charge < -0.3 is 9.47 Å². The highest BCUT2D eigenvalue weighted by atomic mass is 19.4. The predicted molar refractivity (Wildman–Crippen MR) is 138 cm³/mol. The third-order valence-corrected chi connectivity index (χ3v) is 6.55. The lowest BCUT2D eigenvalue weighted by Gasteiger charge is -2.38. The van der Waals surface area contributed by atoms with E-state index in [-0.39, 0.29) is 22.6 Å². The molecule has 4 rings (SSSR count). The minimum Gasteiger partial charge on any atom is -0.423 e. The lowest BCUT2D eigenvalue weighted by molar-refractivity contribution is -0.288. The van der Waals surface area contributed by atoms with Crippen LogP contribution in [-0.2, 0) is 5.41 Å². The van der Waals surface area contributed by atoms with Crippen LogP contribution in [0.4, 0.5) is 26.3 Å². The number of halogens is 6. The monoisotopic (exact) mass is 572 g/mol. The molecule has 0 radical (unpaired) electrons. The van der Waals surface area contributed by atoms with Gasteiger partial charge in [-0.1, -0.05) is 60.7 Å². The van der Waals surface area contributed by atoms with Gasteiger partial charge in [-0.25, -0.2) is 9.59 Å². The lowest BCUT2D eigenvalue weighted by atomic mass is 9.72. The van der Waals surface area contributed by atoms with Gasteiger partial charge in [-0.3, -0.25) is 0 Å². The number of para-hydroxylation sites is 2. The molecule has 0 aromatic heterocycles. The second-order valence-corrected chi connectivity index (χ2v) is 9.21. The minimum absolute atomic E-state index is 0.197. The number of rotatable bonds is 6. The lowest BCUT2D eigenvalue weighted by Crippen LogP contribution is -2.54. The van der Waals surface area contributed by atoms with E-state index in [1.165, 1.54) is 12.1 Å². The predicted octanol–water partition coefficient (Wildman–Crippen LogP) is 8.15. The molecule has 4 nitrogen and oxygen atoms in total. The van der Waals surface area contributed by atoms with Crippen molar-refractivity contribution >= 4 is 11.9 Å². The Bertz CT molecular complexity index is 1440. The van der Waals surface area contributed by atoms with Crippen LogP contribution in [0.15, 0.2) is 97.1 Å². The van der Waals surface area contributed by atoms with E-state index in [0.717, 1.165) is 24.3 Å². The van der Waals surface area contributed by atoms with E-state index in [1.54, 1.807) is 50.2 Å². The van der Waals surface area contributed by atoms with Crippen molar-refractivity contribution in [3.8, 4) is 11.5 Å². The maximum atomic E-state index is 14.5. The Labute approximate surface area is 231 Å². The van der Waals surface area contributed by atoms with Crippen LogP contribution >= 0.6 is 0 Å². The Kier molecular flexibility index (Phi) is 7.96. The Morgan fingerprint density at radius 1 is 0.512 bits per heavy atom. The largest absolute Gasteiger partial charge is 0.423 e. The molecule has 0 fully saturated rings. The zero-order valence-electron chi connectivity index (χ0n) is 21.6. The molecule has 0 unspecified atom stereocenters. The van der Waals surface area contributed by atoms with Crippen molar-refractivity contribution in [3.63, 3.8) is 0 Å². The Morgan fingerprint density at radius 2 is 0.829 bits per heavy atom. The topological polar surface area (TPSA) is 52.6 Å². The van der Waals surface area contributed by atoms with Crippen molar-refractivity contribution in [2.75, 3.05) is 0 Å². The molecule has 0 heterocycles. The van der Waals surface area contributed by atoms with Crippen molar-refractivity contribution in [2.24, 2.45) is 0 Å². The molecule has 0 amide bonds. The van der Waals surface area contributed by atoms with Crippen molar-refractivity contribution in [1.29, 1.82) is 0 Å². The minimum atomic E-state index is -5.85. The van der Waals surface area contributed by atoms with Crippen LogP contribution in [0.1, 0.15) is 43.0 Å². The van der Waals surface area contributed by atoms with Gasteiger partial charge in [-0.2, -0.15) is 26.3 Å². The second kappa shape index (κ2) is 11.1. The second-order valence-electron chi connectivity index (χ2n) is 9.21. The van der Waals surface area contributed by atoms with Gasteiger partial charge in [0.2, 0.25) is 5.41 Å². The van der Waals surface area contributed by atoms with E-state index in [9.17, 15) is 35.9 Å². The molecule has 41 heavy (non-hydrogen) atoms. The highest BCUT2D eigenvalue weighted by molar-refractivity contribution is 5.92. The van der Waals surface area contributed by atoms with E-state index in [1.807, 2.05) is 0 Å². The molecule has 0 N–H and O–H groups in total. The number of alkyl halides is 6. The Morgan fingerprint density at radius 3 is 1.12 bits per heavy atom. The zero-order valence-corrected chi connectivity index (χ0v) is 21.6. The number of ether oxygens (including phenoxy) is 2. The van der Waals surface area contributed by atoms with Crippen LogP contribution in [0.25, 0.3) is 0 Å². The van der Waals surface area contributed by atoms with E-state index in [0.29, 0.717) is 35.4 Å². The molecular weight excluding hydrogens is 550 g/mol. The Balaban J connectivity index is 1.70. The maximum Gasteiger partial charge on any atom is 0.411 e. The van der Waals surface area contributed by atoms with Gasteiger partial charge in [-0.15, -0.1) is 0 Å². The van der Waals surface area contributed by atoms with Crippen LogP contribution in [0.3, 0.4) is 0 Å². The summed E-state index contributed by atoms with van der Waals surface area (Å²) in [5.74, 6) is -1.51. The van der Waals surface area contributed by atoms with Gasteiger partial charge in [0, 0.05) is 0 Å². The molecule has 0 aliphatic heterocycles. The summed E-state index contributed by atoms with van der Waals surface area (Å²) in [6, 6.07) is 18.7.